The van der Waals surface area contributed by atoms with E-state index in [-0.39, 0.29) is 48.3 Å². The Hall–Kier alpha value is -4.77. The van der Waals surface area contributed by atoms with Crippen molar-refractivity contribution in [1.82, 2.24) is 4.90 Å². The summed E-state index contributed by atoms with van der Waals surface area (Å²) in [6.07, 6.45) is 2.24. The molecule has 2 fully saturated rings. The summed E-state index contributed by atoms with van der Waals surface area (Å²) in [5.74, 6) is 0.251. The quantitative estimate of drug-likeness (QED) is 0.198. The predicted molar refractivity (Wildman–Crippen MR) is 212 cm³/mol. The minimum atomic E-state index is -2.52. The van der Waals surface area contributed by atoms with E-state index < -0.39 is 19.8 Å². The molecule has 4 heterocycles. The van der Waals surface area contributed by atoms with Gasteiger partial charge in [0, 0.05) is 30.1 Å². The number of hydrogen-bond acceptors (Lipinski definition) is 6. The molecule has 0 radical (unpaired) electrons. The van der Waals surface area contributed by atoms with E-state index in [1.807, 2.05) is 88.7 Å². The molecule has 0 aliphatic carbocycles. The first-order valence-electron chi connectivity index (χ1n) is 19.2. The summed E-state index contributed by atoms with van der Waals surface area (Å²) in [5.41, 5.74) is 3.60. The van der Waals surface area contributed by atoms with E-state index in [2.05, 4.69) is 38.2 Å². The molecule has 4 aromatic carbocycles. The van der Waals surface area contributed by atoms with Gasteiger partial charge < -0.3 is 24.4 Å². The second-order valence-electron chi connectivity index (χ2n) is 15.9. The lowest BCUT2D eigenvalue weighted by atomic mass is 9.82. The van der Waals surface area contributed by atoms with Gasteiger partial charge in [-0.2, -0.15) is 0 Å². The average Bonchev–Trinajstić information content (AvgIpc) is 3.85. The number of benzene rings is 4. The largest absolute Gasteiger partial charge is 0.497 e. The Labute approximate surface area is 318 Å². The number of methoxy groups -OCH3 is 1. The molecule has 0 saturated carbocycles. The van der Waals surface area contributed by atoms with Crippen molar-refractivity contribution in [2.45, 2.75) is 82.0 Å². The van der Waals surface area contributed by atoms with Crippen molar-refractivity contribution in [3.05, 3.63) is 114 Å². The molecule has 4 aliphatic heterocycles. The molecule has 5 atom stereocenters. The molecule has 54 heavy (non-hydrogen) atoms. The van der Waals surface area contributed by atoms with Crippen molar-refractivity contribution >= 4 is 48.0 Å². The number of anilines is 3. The fraction of sp³-hybridized carbons (Fsp3) is 0.386. The third-order valence-electron chi connectivity index (χ3n) is 12.6. The van der Waals surface area contributed by atoms with Gasteiger partial charge in [0.25, 0.3) is 5.91 Å². The van der Waals surface area contributed by atoms with Crippen LogP contribution in [0.15, 0.2) is 97.1 Å². The average molecular weight is 744 g/mol. The van der Waals surface area contributed by atoms with Crippen LogP contribution in [0, 0.1) is 5.92 Å². The first kappa shape index (κ1) is 36.2. The molecule has 4 aromatic rings. The number of carbonyl (C=O) groups is 3. The van der Waals surface area contributed by atoms with Crippen molar-refractivity contribution < 1.29 is 29.0 Å². The van der Waals surface area contributed by atoms with Crippen LogP contribution in [-0.2, 0) is 37.7 Å². The van der Waals surface area contributed by atoms with Crippen molar-refractivity contribution in [1.29, 1.82) is 0 Å². The highest BCUT2D eigenvalue weighted by atomic mass is 28.3. The maximum absolute atomic E-state index is 15.4. The van der Waals surface area contributed by atoms with Crippen LogP contribution in [0.1, 0.15) is 49.3 Å². The van der Waals surface area contributed by atoms with E-state index in [4.69, 9.17) is 9.47 Å². The van der Waals surface area contributed by atoms with Crippen LogP contribution in [0.2, 0.25) is 18.6 Å². The molecule has 9 nitrogen and oxygen atoms in total. The number of rotatable bonds is 9. The lowest BCUT2D eigenvalue weighted by Crippen LogP contribution is -2.52. The number of carbonyl (C=O) groups excluding carboxylic acids is 3. The van der Waals surface area contributed by atoms with Gasteiger partial charge in [-0.25, -0.2) is 0 Å². The SMILES string of the molecule is COc1ccc([Si](C)(C)[C@H]2[C@H](CC(=O)N3CCC[C@H]3CO)O[C@@]3(C(=O)N(Cc4ccccc4)c4ccc(N5C(=O)CCc6ccccc65)cc43)[C@@H]2C)cc1. The fourth-order valence-corrected chi connectivity index (χ4v) is 13.9. The standard InChI is InChI=1S/C44H49N3O6Si/c1-29-42(54(3,4)35-20-18-34(52-2)19-21-35)39(26-41(50)45-24-10-14-33(45)28-48)53-44(29)36-25-32(47-37-15-9-8-13-31(37)16-23-40(47)49)17-22-38(36)46(43(44)51)27-30-11-6-5-7-12-30/h5-9,11-13,15,17-22,25,29,33,39,42,48H,10,14,16,23-24,26-28H2,1-4H3/t29-,33+,39+,42-,44+/m1/s1. The van der Waals surface area contributed by atoms with Gasteiger partial charge in [-0.05, 0) is 72.3 Å². The molecule has 3 amide bonds. The molecular weight excluding hydrogens is 695 g/mol. The summed E-state index contributed by atoms with van der Waals surface area (Å²) in [6, 6.07) is 31.9. The fourth-order valence-electron chi connectivity index (χ4n) is 9.92. The van der Waals surface area contributed by atoms with Crippen LogP contribution < -0.4 is 19.7 Å². The van der Waals surface area contributed by atoms with Gasteiger partial charge in [0.05, 0.1) is 58.3 Å². The monoisotopic (exact) mass is 743 g/mol. The van der Waals surface area contributed by atoms with Crippen molar-refractivity contribution in [3.63, 3.8) is 0 Å². The first-order valence-corrected chi connectivity index (χ1v) is 22.3. The maximum Gasteiger partial charge on any atom is 0.264 e. The summed E-state index contributed by atoms with van der Waals surface area (Å²) >= 11 is 0. The van der Waals surface area contributed by atoms with E-state index in [0.717, 1.165) is 46.7 Å². The molecule has 0 aromatic heterocycles. The molecule has 0 bridgehead atoms. The Kier molecular flexibility index (Phi) is 9.48. The number of fused-ring (bicyclic) bond motifs is 3. The van der Waals surface area contributed by atoms with Crippen molar-refractivity contribution in [2.75, 3.05) is 30.1 Å². The number of amides is 3. The molecule has 2 saturated heterocycles. The van der Waals surface area contributed by atoms with Gasteiger partial charge in [-0.15, -0.1) is 0 Å². The van der Waals surface area contributed by atoms with Crippen LogP contribution in [0.4, 0.5) is 17.1 Å². The van der Waals surface area contributed by atoms with Gasteiger partial charge in [0.1, 0.15) is 5.75 Å². The van der Waals surface area contributed by atoms with Crippen molar-refractivity contribution in [3.8, 4) is 5.75 Å². The highest BCUT2D eigenvalue weighted by Crippen LogP contribution is 2.61. The zero-order valence-electron chi connectivity index (χ0n) is 31.5. The zero-order valence-corrected chi connectivity index (χ0v) is 32.5. The molecule has 1 spiro atoms. The summed E-state index contributed by atoms with van der Waals surface area (Å²) in [6.45, 7) is 7.63. The third kappa shape index (κ3) is 5.86. The Bertz CT molecular complexity index is 2070. The minimum Gasteiger partial charge on any atom is -0.497 e. The number of aliphatic hydroxyl groups is 1. The first-order chi connectivity index (χ1) is 26.1. The molecule has 0 unspecified atom stereocenters. The predicted octanol–water partition coefficient (Wildman–Crippen LogP) is 6.44. The third-order valence-corrected chi connectivity index (χ3v) is 17.0. The van der Waals surface area contributed by atoms with Gasteiger partial charge in [0.15, 0.2) is 5.60 Å². The smallest absolute Gasteiger partial charge is 0.264 e. The van der Waals surface area contributed by atoms with E-state index in [9.17, 15) is 14.7 Å². The number of hydrogen-bond donors (Lipinski definition) is 1. The molecule has 4 aliphatic rings. The summed E-state index contributed by atoms with van der Waals surface area (Å²) < 4.78 is 12.8. The zero-order chi connectivity index (χ0) is 37.8. The van der Waals surface area contributed by atoms with Gasteiger partial charge >= 0.3 is 0 Å². The van der Waals surface area contributed by atoms with E-state index in [0.29, 0.717) is 31.6 Å². The number of ether oxygens (including phenoxy) is 2. The number of aliphatic hydroxyl groups excluding tert-OH is 1. The van der Waals surface area contributed by atoms with E-state index >= 15 is 4.79 Å². The van der Waals surface area contributed by atoms with Gasteiger partial charge in [-0.1, -0.05) is 85.9 Å². The lowest BCUT2D eigenvalue weighted by molar-refractivity contribution is -0.150. The number of para-hydroxylation sites is 1. The van der Waals surface area contributed by atoms with E-state index in [1.165, 1.54) is 5.19 Å². The van der Waals surface area contributed by atoms with Crippen LogP contribution in [0.5, 0.6) is 5.75 Å². The molecule has 10 heteroatoms. The van der Waals surface area contributed by atoms with Crippen LogP contribution >= 0.6 is 0 Å². The lowest BCUT2D eigenvalue weighted by Gasteiger charge is -2.37. The van der Waals surface area contributed by atoms with Crippen molar-refractivity contribution in [2.24, 2.45) is 5.92 Å². The summed E-state index contributed by atoms with van der Waals surface area (Å²) in [5, 5.41) is 11.3. The summed E-state index contributed by atoms with van der Waals surface area (Å²) in [7, 11) is -0.865. The minimum absolute atomic E-state index is 0.00648. The topological polar surface area (TPSA) is 99.6 Å². The van der Waals surface area contributed by atoms with Gasteiger partial charge in [-0.3, -0.25) is 19.3 Å². The molecular formula is C44H49N3O6Si. The second-order valence-corrected chi connectivity index (χ2v) is 20.6. The van der Waals surface area contributed by atoms with Crippen LogP contribution in [0.3, 0.4) is 0 Å². The van der Waals surface area contributed by atoms with Gasteiger partial charge in [0.2, 0.25) is 11.8 Å². The number of aryl methyl sites for hydroxylation is 1. The Balaban J connectivity index is 1.27. The molecule has 8 rings (SSSR count). The Morgan fingerprint density at radius 3 is 2.43 bits per heavy atom. The Morgan fingerprint density at radius 1 is 0.944 bits per heavy atom. The highest BCUT2D eigenvalue weighted by molar-refractivity contribution is 6.91. The maximum atomic E-state index is 15.4. The number of nitrogens with zero attached hydrogens (tertiary/aromatic N) is 3. The van der Waals surface area contributed by atoms with Crippen LogP contribution in [-0.4, -0.2) is 68.2 Å². The molecule has 1 N–H and O–H groups in total. The van der Waals surface area contributed by atoms with E-state index in [1.54, 1.807) is 12.0 Å². The van der Waals surface area contributed by atoms with Crippen LogP contribution in [0.25, 0.3) is 0 Å². The normalized spacial score (nSPS) is 25.0. The molecule has 280 valence electrons. The number of likely N-dealkylation sites (tertiary alicyclic amines) is 1. The summed E-state index contributed by atoms with van der Waals surface area (Å²) in [4.78, 5) is 48.8. The Morgan fingerprint density at radius 2 is 1.69 bits per heavy atom. The second kappa shape index (κ2) is 14.1. The highest BCUT2D eigenvalue weighted by Gasteiger charge is 2.66.